The van der Waals surface area contributed by atoms with E-state index in [1.807, 2.05) is 35.2 Å². The van der Waals surface area contributed by atoms with Crippen LogP contribution in [0.2, 0.25) is 0 Å². The number of hydrogen-bond acceptors (Lipinski definition) is 5. The van der Waals surface area contributed by atoms with E-state index in [-0.39, 0.29) is 11.8 Å². The molecule has 0 bridgehead atoms. The zero-order valence-electron chi connectivity index (χ0n) is 15.3. The molecule has 7 heteroatoms. The van der Waals surface area contributed by atoms with E-state index in [2.05, 4.69) is 14.9 Å². The van der Waals surface area contributed by atoms with Crippen LogP contribution in [0, 0.1) is 6.92 Å². The average molecular weight is 353 g/mol. The van der Waals surface area contributed by atoms with Crippen LogP contribution in [0.25, 0.3) is 0 Å². The summed E-state index contributed by atoms with van der Waals surface area (Å²) in [6.07, 6.45) is 0. The summed E-state index contributed by atoms with van der Waals surface area (Å²) in [5.41, 5.74) is 1.18. The lowest BCUT2D eigenvalue weighted by atomic mass is 10.2. The SMILES string of the molecule is CC(=O)N1CCN(c2cc(C(=O)N(C)c3ccccc3)nc(C)n2)CC1. The molecule has 1 fully saturated rings. The second-order valence-corrected chi connectivity index (χ2v) is 6.35. The van der Waals surface area contributed by atoms with Gasteiger partial charge in [-0.2, -0.15) is 0 Å². The fraction of sp³-hybridized carbons (Fsp3) is 0.368. The van der Waals surface area contributed by atoms with E-state index in [1.165, 1.54) is 0 Å². The molecule has 7 nitrogen and oxygen atoms in total. The topological polar surface area (TPSA) is 69.6 Å². The number of hydrogen-bond donors (Lipinski definition) is 0. The molecule has 1 aliphatic rings. The minimum Gasteiger partial charge on any atom is -0.353 e. The van der Waals surface area contributed by atoms with Crippen molar-refractivity contribution in [1.82, 2.24) is 14.9 Å². The van der Waals surface area contributed by atoms with Crippen LogP contribution < -0.4 is 9.80 Å². The van der Waals surface area contributed by atoms with Gasteiger partial charge in [0.2, 0.25) is 5.91 Å². The zero-order chi connectivity index (χ0) is 18.7. The molecule has 0 atom stereocenters. The molecular formula is C19H23N5O2. The Morgan fingerprint density at radius 3 is 2.31 bits per heavy atom. The number of nitrogens with zero attached hydrogens (tertiary/aromatic N) is 5. The van der Waals surface area contributed by atoms with Gasteiger partial charge in [-0.25, -0.2) is 9.97 Å². The fourth-order valence-electron chi connectivity index (χ4n) is 3.01. The fourth-order valence-corrected chi connectivity index (χ4v) is 3.01. The van der Waals surface area contributed by atoms with E-state index in [9.17, 15) is 9.59 Å². The highest BCUT2D eigenvalue weighted by Gasteiger charge is 2.22. The molecule has 0 aliphatic carbocycles. The lowest BCUT2D eigenvalue weighted by Gasteiger charge is -2.35. The first kappa shape index (κ1) is 17.8. The van der Waals surface area contributed by atoms with Gasteiger partial charge in [-0.1, -0.05) is 18.2 Å². The van der Waals surface area contributed by atoms with Crippen LogP contribution in [-0.2, 0) is 4.79 Å². The molecule has 0 N–H and O–H groups in total. The summed E-state index contributed by atoms with van der Waals surface area (Å²) in [5.74, 6) is 1.20. The first-order valence-electron chi connectivity index (χ1n) is 8.65. The molecule has 1 saturated heterocycles. The van der Waals surface area contributed by atoms with Crippen LogP contribution in [-0.4, -0.2) is 59.9 Å². The van der Waals surface area contributed by atoms with Crippen molar-refractivity contribution < 1.29 is 9.59 Å². The van der Waals surface area contributed by atoms with Gasteiger partial charge in [0, 0.05) is 51.9 Å². The van der Waals surface area contributed by atoms with Crippen molar-refractivity contribution in [3.63, 3.8) is 0 Å². The number of para-hydroxylation sites is 1. The van der Waals surface area contributed by atoms with Crippen molar-refractivity contribution in [2.45, 2.75) is 13.8 Å². The maximum absolute atomic E-state index is 12.8. The summed E-state index contributed by atoms with van der Waals surface area (Å²) in [7, 11) is 1.74. The third-order valence-corrected chi connectivity index (χ3v) is 4.54. The van der Waals surface area contributed by atoms with Crippen molar-refractivity contribution in [3.8, 4) is 0 Å². The third-order valence-electron chi connectivity index (χ3n) is 4.54. The number of amides is 2. The molecule has 136 valence electrons. The standard InChI is InChI=1S/C19H23N5O2/c1-14-20-17(19(26)22(3)16-7-5-4-6-8-16)13-18(21-14)24-11-9-23(10-12-24)15(2)25/h4-8,13H,9-12H2,1-3H3. The van der Waals surface area contributed by atoms with Crippen molar-refractivity contribution in [1.29, 1.82) is 0 Å². The van der Waals surface area contributed by atoms with Gasteiger partial charge in [-0.3, -0.25) is 9.59 Å². The highest BCUT2D eigenvalue weighted by molar-refractivity contribution is 6.04. The van der Waals surface area contributed by atoms with E-state index in [4.69, 9.17) is 0 Å². The van der Waals surface area contributed by atoms with Crippen LogP contribution >= 0.6 is 0 Å². The van der Waals surface area contributed by atoms with Crippen LogP contribution in [0.1, 0.15) is 23.2 Å². The molecule has 0 radical (unpaired) electrons. The molecule has 2 amide bonds. The van der Waals surface area contributed by atoms with E-state index < -0.39 is 0 Å². The monoisotopic (exact) mass is 353 g/mol. The average Bonchev–Trinajstić information content (AvgIpc) is 2.67. The molecule has 1 aromatic heterocycles. The van der Waals surface area contributed by atoms with Gasteiger partial charge in [0.15, 0.2) is 0 Å². The summed E-state index contributed by atoms with van der Waals surface area (Å²) in [6, 6.07) is 11.2. The normalized spacial score (nSPS) is 14.3. The van der Waals surface area contributed by atoms with Gasteiger partial charge in [0.05, 0.1) is 0 Å². The molecule has 3 rings (SSSR count). The maximum Gasteiger partial charge on any atom is 0.276 e. The summed E-state index contributed by atoms with van der Waals surface area (Å²) in [5, 5.41) is 0. The minimum atomic E-state index is -0.176. The molecule has 0 spiro atoms. The van der Waals surface area contributed by atoms with E-state index >= 15 is 0 Å². The Bertz CT molecular complexity index is 801. The van der Waals surface area contributed by atoms with Crippen molar-refractivity contribution in [2.24, 2.45) is 0 Å². The quantitative estimate of drug-likeness (QED) is 0.840. The van der Waals surface area contributed by atoms with Gasteiger partial charge < -0.3 is 14.7 Å². The highest BCUT2D eigenvalue weighted by Crippen LogP contribution is 2.19. The Morgan fingerprint density at radius 1 is 1.04 bits per heavy atom. The molecule has 0 saturated carbocycles. The smallest absolute Gasteiger partial charge is 0.276 e. The summed E-state index contributed by atoms with van der Waals surface area (Å²) in [6.45, 7) is 6.07. The number of aryl methyl sites for hydroxylation is 1. The van der Waals surface area contributed by atoms with E-state index in [1.54, 1.807) is 31.9 Å². The van der Waals surface area contributed by atoms with E-state index in [0.717, 1.165) is 11.5 Å². The van der Waals surface area contributed by atoms with Gasteiger partial charge in [-0.15, -0.1) is 0 Å². The highest BCUT2D eigenvalue weighted by atomic mass is 16.2. The number of aromatic nitrogens is 2. The Kier molecular flexibility index (Phi) is 5.16. The number of carbonyl (C=O) groups is 2. The van der Waals surface area contributed by atoms with E-state index in [0.29, 0.717) is 37.7 Å². The van der Waals surface area contributed by atoms with Crippen molar-refractivity contribution in [3.05, 3.63) is 47.9 Å². The molecule has 2 heterocycles. The second kappa shape index (κ2) is 7.51. The maximum atomic E-state index is 12.8. The van der Waals surface area contributed by atoms with Crippen LogP contribution in [0.4, 0.5) is 11.5 Å². The van der Waals surface area contributed by atoms with Gasteiger partial charge >= 0.3 is 0 Å². The first-order chi connectivity index (χ1) is 12.5. The molecule has 1 aromatic carbocycles. The van der Waals surface area contributed by atoms with Crippen LogP contribution in [0.3, 0.4) is 0 Å². The molecule has 26 heavy (non-hydrogen) atoms. The Hall–Kier alpha value is -2.96. The Balaban J connectivity index is 1.80. The molecule has 1 aliphatic heterocycles. The molecular weight excluding hydrogens is 330 g/mol. The number of anilines is 2. The Morgan fingerprint density at radius 2 is 1.69 bits per heavy atom. The first-order valence-corrected chi connectivity index (χ1v) is 8.65. The number of piperazine rings is 1. The summed E-state index contributed by atoms with van der Waals surface area (Å²) < 4.78 is 0. The molecule has 2 aromatic rings. The predicted octanol–water partition coefficient (Wildman–Crippen LogP) is 1.73. The third kappa shape index (κ3) is 3.82. The Labute approximate surface area is 153 Å². The number of rotatable bonds is 3. The second-order valence-electron chi connectivity index (χ2n) is 6.35. The number of carbonyl (C=O) groups excluding carboxylic acids is 2. The minimum absolute atomic E-state index is 0.0869. The van der Waals surface area contributed by atoms with Crippen molar-refractivity contribution >= 4 is 23.3 Å². The predicted molar refractivity (Wildman–Crippen MR) is 100 cm³/mol. The van der Waals surface area contributed by atoms with Gasteiger partial charge in [-0.05, 0) is 19.1 Å². The van der Waals surface area contributed by atoms with Crippen LogP contribution in [0.5, 0.6) is 0 Å². The lowest BCUT2D eigenvalue weighted by molar-refractivity contribution is -0.129. The zero-order valence-corrected chi connectivity index (χ0v) is 15.3. The lowest BCUT2D eigenvalue weighted by Crippen LogP contribution is -2.48. The largest absolute Gasteiger partial charge is 0.353 e. The summed E-state index contributed by atoms with van der Waals surface area (Å²) in [4.78, 5) is 38.6. The summed E-state index contributed by atoms with van der Waals surface area (Å²) >= 11 is 0. The molecule has 0 unspecified atom stereocenters. The van der Waals surface area contributed by atoms with Crippen LogP contribution in [0.15, 0.2) is 36.4 Å². The number of benzene rings is 1. The van der Waals surface area contributed by atoms with Crippen molar-refractivity contribution in [2.75, 3.05) is 43.0 Å². The van der Waals surface area contributed by atoms with Gasteiger partial charge in [0.25, 0.3) is 5.91 Å². The van der Waals surface area contributed by atoms with Gasteiger partial charge in [0.1, 0.15) is 17.3 Å².